The summed E-state index contributed by atoms with van der Waals surface area (Å²) in [6.07, 6.45) is 4.03. The van der Waals surface area contributed by atoms with Crippen molar-refractivity contribution < 1.29 is 9.18 Å². The molecular weight excluding hydrogens is 345 g/mol. The van der Waals surface area contributed by atoms with Crippen LogP contribution < -0.4 is 5.32 Å². The molecule has 136 valence electrons. The van der Waals surface area contributed by atoms with Crippen molar-refractivity contribution in [2.45, 2.75) is 13.0 Å². The predicted molar refractivity (Wildman–Crippen MR) is 101 cm³/mol. The first-order chi connectivity index (χ1) is 13.2. The van der Waals surface area contributed by atoms with Crippen molar-refractivity contribution in [1.29, 1.82) is 0 Å². The average molecular weight is 363 g/mol. The van der Waals surface area contributed by atoms with Gasteiger partial charge in [-0.25, -0.2) is 4.39 Å². The zero-order chi connectivity index (χ0) is 18.6. The van der Waals surface area contributed by atoms with Crippen LogP contribution in [0, 0.1) is 5.82 Å². The second-order valence-electron chi connectivity index (χ2n) is 6.21. The first kappa shape index (κ1) is 17.0. The summed E-state index contributed by atoms with van der Waals surface area (Å²) in [5.74, 6) is -0.603. The van der Waals surface area contributed by atoms with Gasteiger partial charge in [0.15, 0.2) is 0 Å². The fourth-order valence-electron chi connectivity index (χ4n) is 3.05. The molecular formula is C20H18FN5O. The number of amides is 1. The van der Waals surface area contributed by atoms with Gasteiger partial charge in [-0.2, -0.15) is 10.2 Å². The van der Waals surface area contributed by atoms with Crippen LogP contribution in [0.5, 0.6) is 0 Å². The van der Waals surface area contributed by atoms with Gasteiger partial charge in [0.1, 0.15) is 5.82 Å². The monoisotopic (exact) mass is 363 g/mol. The Morgan fingerprint density at radius 2 is 2.04 bits per heavy atom. The highest BCUT2D eigenvalue weighted by Crippen LogP contribution is 2.21. The lowest BCUT2D eigenvalue weighted by Gasteiger charge is -2.07. The van der Waals surface area contributed by atoms with Crippen LogP contribution in [0.1, 0.15) is 16.8 Å². The third-order valence-corrected chi connectivity index (χ3v) is 4.38. The molecule has 2 N–H and O–H groups in total. The maximum atomic E-state index is 13.4. The van der Waals surface area contributed by atoms with Gasteiger partial charge >= 0.3 is 0 Å². The molecule has 0 aliphatic rings. The van der Waals surface area contributed by atoms with E-state index in [-0.39, 0.29) is 11.7 Å². The van der Waals surface area contributed by atoms with Crippen molar-refractivity contribution in [2.75, 3.05) is 6.54 Å². The molecule has 0 unspecified atom stereocenters. The third-order valence-electron chi connectivity index (χ3n) is 4.38. The number of hydrogen-bond acceptors (Lipinski definition) is 3. The van der Waals surface area contributed by atoms with E-state index in [9.17, 15) is 9.18 Å². The normalized spacial score (nSPS) is 11.0. The Bertz CT molecular complexity index is 1080. The molecule has 4 aromatic rings. The highest BCUT2D eigenvalue weighted by Gasteiger charge is 2.15. The molecule has 2 aromatic carbocycles. The van der Waals surface area contributed by atoms with E-state index in [2.05, 4.69) is 20.6 Å². The number of aromatic nitrogens is 4. The molecule has 6 nitrogen and oxygen atoms in total. The summed E-state index contributed by atoms with van der Waals surface area (Å²) in [6, 6.07) is 14.1. The molecule has 0 atom stereocenters. The summed E-state index contributed by atoms with van der Waals surface area (Å²) in [5.41, 5.74) is 2.56. The van der Waals surface area contributed by atoms with Crippen molar-refractivity contribution in [1.82, 2.24) is 25.3 Å². The van der Waals surface area contributed by atoms with E-state index >= 15 is 0 Å². The lowest BCUT2D eigenvalue weighted by atomic mass is 10.1. The summed E-state index contributed by atoms with van der Waals surface area (Å²) in [7, 11) is 0. The van der Waals surface area contributed by atoms with Crippen LogP contribution >= 0.6 is 0 Å². The van der Waals surface area contributed by atoms with Gasteiger partial charge in [0, 0.05) is 24.0 Å². The lowest BCUT2D eigenvalue weighted by molar-refractivity contribution is 0.0953. The minimum atomic E-state index is -0.361. The van der Waals surface area contributed by atoms with Gasteiger partial charge in [-0.1, -0.05) is 30.3 Å². The molecule has 0 spiro atoms. The molecule has 27 heavy (non-hydrogen) atoms. The van der Waals surface area contributed by atoms with Crippen LogP contribution in [0.15, 0.2) is 60.9 Å². The van der Waals surface area contributed by atoms with Gasteiger partial charge in [0.05, 0.1) is 29.2 Å². The maximum Gasteiger partial charge on any atom is 0.255 e. The number of benzene rings is 2. The summed E-state index contributed by atoms with van der Waals surface area (Å²) >= 11 is 0. The Kier molecular flexibility index (Phi) is 4.65. The molecule has 0 radical (unpaired) electrons. The molecule has 0 saturated carbocycles. The van der Waals surface area contributed by atoms with E-state index in [1.165, 1.54) is 18.3 Å². The molecule has 0 saturated heterocycles. The molecule has 0 fully saturated rings. The van der Waals surface area contributed by atoms with E-state index in [0.717, 1.165) is 17.3 Å². The van der Waals surface area contributed by atoms with Gasteiger partial charge in [-0.05, 0) is 24.6 Å². The zero-order valence-electron chi connectivity index (χ0n) is 14.5. The van der Waals surface area contributed by atoms with Gasteiger partial charge in [0.25, 0.3) is 5.91 Å². The number of hydrogen-bond donors (Lipinski definition) is 2. The number of carbonyl (C=O) groups excluding carboxylic acids is 1. The van der Waals surface area contributed by atoms with Crippen molar-refractivity contribution in [3.8, 4) is 11.3 Å². The number of para-hydroxylation sites is 1. The van der Waals surface area contributed by atoms with Crippen molar-refractivity contribution >= 4 is 16.8 Å². The minimum Gasteiger partial charge on any atom is -0.352 e. The molecule has 1 amide bonds. The number of nitrogens with zero attached hydrogens (tertiary/aromatic N) is 3. The second kappa shape index (κ2) is 7.41. The number of aromatic amines is 1. The number of halogens is 1. The van der Waals surface area contributed by atoms with E-state index in [1.807, 2.05) is 35.1 Å². The SMILES string of the molecule is O=C(NCCCn1ncc2ccccc21)c1cn[nH]c1-c1cccc(F)c1. The number of aryl methyl sites for hydroxylation is 1. The fourth-order valence-corrected chi connectivity index (χ4v) is 3.05. The topological polar surface area (TPSA) is 75.6 Å². The standard InChI is InChI=1S/C20H18FN5O/c21-16-7-3-6-14(11-16)19-17(13-23-25-19)20(27)22-9-4-10-26-18-8-2-1-5-15(18)12-24-26/h1-3,5-8,11-13H,4,9-10H2,(H,22,27)(H,23,25). The van der Waals surface area contributed by atoms with Crippen LogP contribution in [-0.4, -0.2) is 32.4 Å². The summed E-state index contributed by atoms with van der Waals surface area (Å²) in [4.78, 5) is 12.5. The summed E-state index contributed by atoms with van der Waals surface area (Å²) < 4.78 is 15.4. The Morgan fingerprint density at radius 3 is 2.93 bits per heavy atom. The maximum absolute atomic E-state index is 13.4. The minimum absolute atomic E-state index is 0.242. The van der Waals surface area contributed by atoms with Crippen LogP contribution in [0.4, 0.5) is 4.39 Å². The first-order valence-corrected chi connectivity index (χ1v) is 8.70. The fraction of sp³-hybridized carbons (Fsp3) is 0.150. The van der Waals surface area contributed by atoms with E-state index in [1.54, 1.807) is 12.1 Å². The molecule has 0 bridgehead atoms. The van der Waals surface area contributed by atoms with E-state index < -0.39 is 0 Å². The number of fused-ring (bicyclic) bond motifs is 1. The van der Waals surface area contributed by atoms with Crippen LogP contribution in [0.3, 0.4) is 0 Å². The predicted octanol–water partition coefficient (Wildman–Crippen LogP) is 3.39. The highest BCUT2D eigenvalue weighted by molar-refractivity contribution is 5.99. The van der Waals surface area contributed by atoms with Gasteiger partial charge in [0.2, 0.25) is 0 Å². The second-order valence-corrected chi connectivity index (χ2v) is 6.21. The Hall–Kier alpha value is -3.48. The molecule has 7 heteroatoms. The number of H-pyrrole nitrogens is 1. The van der Waals surface area contributed by atoms with Crippen LogP contribution in [-0.2, 0) is 6.54 Å². The quantitative estimate of drug-likeness (QED) is 0.516. The lowest BCUT2D eigenvalue weighted by Crippen LogP contribution is -2.25. The Morgan fingerprint density at radius 1 is 1.15 bits per heavy atom. The van der Waals surface area contributed by atoms with E-state index in [4.69, 9.17) is 0 Å². The number of rotatable bonds is 6. The van der Waals surface area contributed by atoms with Gasteiger partial charge < -0.3 is 5.32 Å². The molecule has 0 aliphatic carbocycles. The largest absolute Gasteiger partial charge is 0.352 e. The summed E-state index contributed by atoms with van der Waals surface area (Å²) in [5, 5.41) is 15.1. The smallest absolute Gasteiger partial charge is 0.255 e. The van der Waals surface area contributed by atoms with Crippen molar-refractivity contribution in [2.24, 2.45) is 0 Å². The van der Waals surface area contributed by atoms with E-state index in [0.29, 0.717) is 29.9 Å². The zero-order valence-corrected chi connectivity index (χ0v) is 14.5. The third kappa shape index (κ3) is 3.57. The van der Waals surface area contributed by atoms with Gasteiger partial charge in [-0.3, -0.25) is 14.6 Å². The van der Waals surface area contributed by atoms with Gasteiger partial charge in [-0.15, -0.1) is 0 Å². The molecule has 2 aromatic heterocycles. The van der Waals surface area contributed by atoms with Crippen LogP contribution in [0.25, 0.3) is 22.2 Å². The molecule has 2 heterocycles. The summed E-state index contributed by atoms with van der Waals surface area (Å²) in [6.45, 7) is 1.21. The Balaban J connectivity index is 1.37. The highest BCUT2D eigenvalue weighted by atomic mass is 19.1. The number of nitrogens with one attached hydrogen (secondary N) is 2. The van der Waals surface area contributed by atoms with Crippen molar-refractivity contribution in [3.05, 3.63) is 72.3 Å². The molecule has 4 rings (SSSR count). The molecule has 0 aliphatic heterocycles. The average Bonchev–Trinajstić information content (AvgIpc) is 3.32. The van der Waals surface area contributed by atoms with Crippen LogP contribution in [0.2, 0.25) is 0 Å². The van der Waals surface area contributed by atoms with Crippen molar-refractivity contribution in [3.63, 3.8) is 0 Å². The first-order valence-electron chi connectivity index (χ1n) is 8.70. The Labute approximate surface area is 155 Å². The number of carbonyl (C=O) groups is 1.